The zero-order valence-corrected chi connectivity index (χ0v) is 8.75. The molecule has 5 heteroatoms. The Balaban J connectivity index is 3.11. The van der Waals surface area contributed by atoms with Crippen LogP contribution in [0.1, 0.15) is 18.0 Å². The van der Waals surface area contributed by atoms with Crippen LogP contribution in [0.3, 0.4) is 0 Å². The molecule has 1 rings (SSSR count). The molecule has 2 N–H and O–H groups in total. The lowest BCUT2D eigenvalue weighted by Gasteiger charge is -2.13. The molecule has 78 valence electrons. The van der Waals surface area contributed by atoms with Crippen molar-refractivity contribution in [3.63, 3.8) is 0 Å². The molecule has 0 aliphatic rings. The minimum atomic E-state index is -0.758. The fourth-order valence-electron chi connectivity index (χ4n) is 1.14. The van der Waals surface area contributed by atoms with Gasteiger partial charge in [0.05, 0.1) is 11.7 Å². The fourth-order valence-corrected chi connectivity index (χ4v) is 1.60. The zero-order chi connectivity index (χ0) is 10.7. The Morgan fingerprint density at radius 2 is 1.86 bits per heavy atom. The smallest absolute Gasteiger partial charge is 0.148 e. The Hall–Kier alpha value is -0.380. The van der Waals surface area contributed by atoms with Crippen LogP contribution in [-0.2, 0) is 0 Å². The first-order valence-electron chi connectivity index (χ1n) is 4.03. The molecule has 0 amide bonds. The van der Waals surface area contributed by atoms with Crippen LogP contribution in [0.4, 0.5) is 8.78 Å². The van der Waals surface area contributed by atoms with Gasteiger partial charge in [0.15, 0.2) is 0 Å². The van der Waals surface area contributed by atoms with Crippen molar-refractivity contribution < 1.29 is 8.78 Å². The van der Waals surface area contributed by atoms with Crippen molar-refractivity contribution in [1.29, 1.82) is 0 Å². The summed E-state index contributed by atoms with van der Waals surface area (Å²) in [5, 5.41) is 0.117. The van der Waals surface area contributed by atoms with Gasteiger partial charge in [0.25, 0.3) is 0 Å². The van der Waals surface area contributed by atoms with E-state index >= 15 is 0 Å². The second kappa shape index (κ2) is 4.91. The van der Waals surface area contributed by atoms with E-state index in [1.165, 1.54) is 12.1 Å². The molecule has 1 aromatic rings. The van der Waals surface area contributed by atoms with E-state index in [4.69, 9.17) is 28.9 Å². The Bertz CT molecular complexity index is 331. The quantitative estimate of drug-likeness (QED) is 0.804. The largest absolute Gasteiger partial charge is 0.324 e. The van der Waals surface area contributed by atoms with Crippen molar-refractivity contribution in [3.8, 4) is 0 Å². The summed E-state index contributed by atoms with van der Waals surface area (Å²) in [5.74, 6) is -0.667. The number of alkyl halides is 1. The molecule has 0 unspecified atom stereocenters. The van der Waals surface area contributed by atoms with E-state index in [9.17, 15) is 8.78 Å². The van der Waals surface area contributed by atoms with Gasteiger partial charge >= 0.3 is 0 Å². The van der Waals surface area contributed by atoms with Crippen molar-refractivity contribution in [1.82, 2.24) is 0 Å². The molecule has 0 radical (unpaired) electrons. The lowest BCUT2D eigenvalue weighted by Crippen LogP contribution is -2.13. The second-order valence-corrected chi connectivity index (χ2v) is 3.66. The molecule has 14 heavy (non-hydrogen) atoms. The predicted molar refractivity (Wildman–Crippen MR) is 53.9 cm³/mol. The van der Waals surface area contributed by atoms with Crippen LogP contribution in [-0.4, -0.2) is 6.67 Å². The summed E-state index contributed by atoms with van der Waals surface area (Å²) in [5.41, 5.74) is 5.63. The normalized spacial score (nSPS) is 12.9. The third-order valence-electron chi connectivity index (χ3n) is 1.87. The van der Waals surface area contributed by atoms with Crippen molar-refractivity contribution in [3.05, 3.63) is 33.6 Å². The molecule has 0 spiro atoms. The van der Waals surface area contributed by atoms with Crippen molar-refractivity contribution in [2.75, 3.05) is 6.67 Å². The lowest BCUT2D eigenvalue weighted by atomic mass is 10.0. The molecule has 0 aliphatic heterocycles. The average molecular weight is 240 g/mol. The van der Waals surface area contributed by atoms with Crippen LogP contribution < -0.4 is 5.73 Å². The van der Waals surface area contributed by atoms with Crippen molar-refractivity contribution in [2.24, 2.45) is 5.73 Å². The highest BCUT2D eigenvalue weighted by molar-refractivity contribution is 6.33. The molecule has 0 saturated carbocycles. The van der Waals surface area contributed by atoms with Gasteiger partial charge in [-0.1, -0.05) is 23.2 Å². The van der Waals surface area contributed by atoms with Gasteiger partial charge in [-0.05, 0) is 18.6 Å². The average Bonchev–Trinajstić information content (AvgIpc) is 2.13. The Morgan fingerprint density at radius 3 is 2.43 bits per heavy atom. The molecule has 0 aromatic heterocycles. The van der Waals surface area contributed by atoms with E-state index in [1.54, 1.807) is 0 Å². The van der Waals surface area contributed by atoms with Crippen LogP contribution in [0.5, 0.6) is 0 Å². The first-order valence-corrected chi connectivity index (χ1v) is 4.78. The van der Waals surface area contributed by atoms with Gasteiger partial charge in [0.1, 0.15) is 5.82 Å². The maximum absolute atomic E-state index is 13.4. The molecule has 1 aromatic carbocycles. The number of hydrogen-bond acceptors (Lipinski definition) is 1. The maximum atomic E-state index is 13.4. The molecule has 0 aliphatic carbocycles. The van der Waals surface area contributed by atoms with Gasteiger partial charge in [-0.25, -0.2) is 4.39 Å². The summed E-state index contributed by atoms with van der Waals surface area (Å²) < 4.78 is 25.4. The Kier molecular flexibility index (Phi) is 4.11. The minimum absolute atomic E-state index is 0.0248. The maximum Gasteiger partial charge on any atom is 0.148 e. The SMILES string of the molecule is N[C@H](CCF)c1c(Cl)ccc(Cl)c1F. The van der Waals surface area contributed by atoms with Crippen LogP contribution in [0.2, 0.25) is 10.0 Å². The highest BCUT2D eigenvalue weighted by Gasteiger charge is 2.17. The van der Waals surface area contributed by atoms with E-state index in [1.807, 2.05) is 0 Å². The third-order valence-corrected chi connectivity index (χ3v) is 2.49. The van der Waals surface area contributed by atoms with E-state index in [0.717, 1.165) is 0 Å². The molecule has 0 heterocycles. The van der Waals surface area contributed by atoms with Gasteiger partial charge in [0.2, 0.25) is 0 Å². The molecular formula is C9H9Cl2F2N. The molecule has 1 atom stereocenters. The first kappa shape index (κ1) is 11.7. The topological polar surface area (TPSA) is 26.0 Å². The van der Waals surface area contributed by atoms with Crippen LogP contribution in [0, 0.1) is 5.82 Å². The van der Waals surface area contributed by atoms with Crippen molar-refractivity contribution in [2.45, 2.75) is 12.5 Å². The van der Waals surface area contributed by atoms with Gasteiger partial charge in [-0.3, -0.25) is 4.39 Å². The third kappa shape index (κ3) is 2.35. The second-order valence-electron chi connectivity index (χ2n) is 2.84. The minimum Gasteiger partial charge on any atom is -0.324 e. The van der Waals surface area contributed by atoms with E-state index in [-0.39, 0.29) is 22.0 Å². The first-order chi connectivity index (χ1) is 6.57. The summed E-state index contributed by atoms with van der Waals surface area (Å²) in [6.45, 7) is -0.622. The summed E-state index contributed by atoms with van der Waals surface area (Å²) in [7, 11) is 0. The summed E-state index contributed by atoms with van der Waals surface area (Å²) in [6, 6.07) is 2.02. The molecule has 0 bridgehead atoms. The molecular weight excluding hydrogens is 231 g/mol. The molecule has 0 fully saturated rings. The number of nitrogens with two attached hydrogens (primary N) is 1. The fraction of sp³-hybridized carbons (Fsp3) is 0.333. The van der Waals surface area contributed by atoms with E-state index < -0.39 is 18.5 Å². The lowest BCUT2D eigenvalue weighted by molar-refractivity contribution is 0.435. The molecule has 0 saturated heterocycles. The van der Waals surface area contributed by atoms with Gasteiger partial charge in [-0.15, -0.1) is 0 Å². The van der Waals surface area contributed by atoms with Crippen LogP contribution >= 0.6 is 23.2 Å². The summed E-state index contributed by atoms with van der Waals surface area (Å²) in [4.78, 5) is 0. The number of rotatable bonds is 3. The summed E-state index contributed by atoms with van der Waals surface area (Å²) in [6.07, 6.45) is 0.0248. The van der Waals surface area contributed by atoms with E-state index in [0.29, 0.717) is 0 Å². The van der Waals surface area contributed by atoms with Crippen LogP contribution in [0.25, 0.3) is 0 Å². The van der Waals surface area contributed by atoms with Gasteiger partial charge in [-0.2, -0.15) is 0 Å². The highest BCUT2D eigenvalue weighted by Crippen LogP contribution is 2.30. The predicted octanol–water partition coefficient (Wildman–Crippen LogP) is 3.49. The molecule has 1 nitrogen and oxygen atoms in total. The highest BCUT2D eigenvalue weighted by atomic mass is 35.5. The number of benzene rings is 1. The van der Waals surface area contributed by atoms with Gasteiger partial charge < -0.3 is 5.73 Å². The zero-order valence-electron chi connectivity index (χ0n) is 7.24. The Morgan fingerprint density at radius 1 is 1.29 bits per heavy atom. The van der Waals surface area contributed by atoms with Crippen LogP contribution in [0.15, 0.2) is 12.1 Å². The number of hydrogen-bond donors (Lipinski definition) is 1. The number of halogens is 4. The van der Waals surface area contributed by atoms with Crippen molar-refractivity contribution >= 4 is 23.2 Å². The van der Waals surface area contributed by atoms with E-state index in [2.05, 4.69) is 0 Å². The monoisotopic (exact) mass is 239 g/mol. The standard InChI is InChI=1S/C9H9Cl2F2N/c10-5-1-2-6(11)9(13)8(5)7(14)3-4-12/h1-2,7H,3-4,14H2/t7-/m1/s1. The summed E-state index contributed by atoms with van der Waals surface area (Å²) >= 11 is 11.3. The Labute approximate surface area is 90.8 Å². The van der Waals surface area contributed by atoms with Gasteiger partial charge in [0, 0.05) is 16.6 Å².